The fourth-order valence-corrected chi connectivity index (χ4v) is 2.52. The molecule has 0 aromatic heterocycles. The van der Waals surface area contributed by atoms with Gasteiger partial charge in [-0.05, 0) is 38.0 Å². The van der Waals surface area contributed by atoms with Gasteiger partial charge in [0.15, 0.2) is 0 Å². The lowest BCUT2D eigenvalue weighted by molar-refractivity contribution is 0.0996. The Kier molecular flexibility index (Phi) is 4.43. The quantitative estimate of drug-likeness (QED) is 0.835. The molecule has 1 aliphatic heterocycles. The van der Waals surface area contributed by atoms with Crippen molar-refractivity contribution in [3.05, 3.63) is 28.8 Å². The molecule has 5 heteroatoms. The molecule has 1 fully saturated rings. The van der Waals surface area contributed by atoms with Gasteiger partial charge in [0.05, 0.1) is 6.10 Å². The second-order valence-electron chi connectivity index (χ2n) is 4.54. The zero-order valence-corrected chi connectivity index (χ0v) is 11.9. The summed E-state index contributed by atoms with van der Waals surface area (Å²) in [7, 11) is 0. The van der Waals surface area contributed by atoms with Crippen molar-refractivity contribution in [3.63, 3.8) is 0 Å². The molecule has 1 aliphatic rings. The minimum Gasteiger partial charge on any atom is -0.389 e. The number of halogens is 1. The molecule has 1 aromatic rings. The first-order valence-corrected chi connectivity index (χ1v) is 6.84. The van der Waals surface area contributed by atoms with Gasteiger partial charge in [-0.15, -0.1) is 0 Å². The standard InChI is InChI=1S/C13H17ClN2OS/c1-8(12-3-2-6-17-12)16-11-5-4-9(14)7-10(11)13(15)18/h4-5,7-8,12,16H,2-3,6H2,1H3,(H2,15,18). The number of nitrogens with one attached hydrogen (secondary N) is 1. The van der Waals surface area contributed by atoms with Gasteiger partial charge in [0.25, 0.3) is 0 Å². The SMILES string of the molecule is CC(Nc1ccc(Cl)cc1C(N)=S)C1CCCO1. The molecular weight excluding hydrogens is 268 g/mol. The van der Waals surface area contributed by atoms with Crippen LogP contribution in [0.15, 0.2) is 18.2 Å². The third-order valence-corrected chi connectivity index (χ3v) is 3.61. The Morgan fingerprint density at radius 1 is 1.61 bits per heavy atom. The van der Waals surface area contributed by atoms with Crippen molar-refractivity contribution in [2.24, 2.45) is 5.73 Å². The highest BCUT2D eigenvalue weighted by Crippen LogP contribution is 2.24. The molecule has 2 rings (SSSR count). The van der Waals surface area contributed by atoms with Gasteiger partial charge in [0.2, 0.25) is 0 Å². The van der Waals surface area contributed by atoms with E-state index in [1.165, 1.54) is 0 Å². The van der Waals surface area contributed by atoms with E-state index in [1.807, 2.05) is 12.1 Å². The molecule has 2 atom stereocenters. The Morgan fingerprint density at radius 3 is 3.00 bits per heavy atom. The molecule has 3 N–H and O–H groups in total. The van der Waals surface area contributed by atoms with Crippen molar-refractivity contribution in [3.8, 4) is 0 Å². The average molecular weight is 285 g/mol. The van der Waals surface area contributed by atoms with Gasteiger partial charge in [0, 0.05) is 28.9 Å². The van der Waals surface area contributed by atoms with E-state index in [2.05, 4.69) is 12.2 Å². The summed E-state index contributed by atoms with van der Waals surface area (Å²) in [5.74, 6) is 0. The molecule has 0 amide bonds. The number of hydrogen-bond acceptors (Lipinski definition) is 3. The topological polar surface area (TPSA) is 47.3 Å². The third-order valence-electron chi connectivity index (χ3n) is 3.15. The largest absolute Gasteiger partial charge is 0.389 e. The van der Waals surface area contributed by atoms with Gasteiger partial charge < -0.3 is 15.8 Å². The third kappa shape index (κ3) is 3.13. The van der Waals surface area contributed by atoms with Crippen molar-refractivity contribution < 1.29 is 4.74 Å². The van der Waals surface area contributed by atoms with Crippen LogP contribution in [0.5, 0.6) is 0 Å². The van der Waals surface area contributed by atoms with E-state index in [-0.39, 0.29) is 12.1 Å². The monoisotopic (exact) mass is 284 g/mol. The molecule has 1 saturated heterocycles. The Labute approximate surface area is 118 Å². The van der Waals surface area contributed by atoms with Gasteiger partial charge in [-0.2, -0.15) is 0 Å². The van der Waals surface area contributed by atoms with Crippen LogP contribution in [0.25, 0.3) is 0 Å². The first kappa shape index (κ1) is 13.6. The summed E-state index contributed by atoms with van der Waals surface area (Å²) in [6.45, 7) is 2.95. The van der Waals surface area contributed by atoms with Crippen LogP contribution in [0.3, 0.4) is 0 Å². The Hall–Kier alpha value is -0.840. The van der Waals surface area contributed by atoms with Gasteiger partial charge in [0.1, 0.15) is 4.99 Å². The highest BCUT2D eigenvalue weighted by molar-refractivity contribution is 7.80. The molecule has 18 heavy (non-hydrogen) atoms. The molecule has 1 heterocycles. The predicted molar refractivity (Wildman–Crippen MR) is 79.4 cm³/mol. The van der Waals surface area contributed by atoms with Crippen LogP contribution < -0.4 is 11.1 Å². The maximum Gasteiger partial charge on any atom is 0.106 e. The van der Waals surface area contributed by atoms with E-state index in [9.17, 15) is 0 Å². The molecule has 0 bridgehead atoms. The van der Waals surface area contributed by atoms with Crippen LogP contribution in [-0.4, -0.2) is 23.7 Å². The summed E-state index contributed by atoms with van der Waals surface area (Å²) in [6.07, 6.45) is 2.46. The lowest BCUT2D eigenvalue weighted by Crippen LogP contribution is -2.31. The fourth-order valence-electron chi connectivity index (χ4n) is 2.18. The maximum atomic E-state index is 5.96. The first-order valence-electron chi connectivity index (χ1n) is 6.05. The zero-order chi connectivity index (χ0) is 13.1. The maximum absolute atomic E-state index is 5.96. The van der Waals surface area contributed by atoms with E-state index < -0.39 is 0 Å². The van der Waals surface area contributed by atoms with Crippen LogP contribution >= 0.6 is 23.8 Å². The molecular formula is C13H17ClN2OS. The zero-order valence-electron chi connectivity index (χ0n) is 10.3. The van der Waals surface area contributed by atoms with Crippen molar-refractivity contribution in [1.82, 2.24) is 0 Å². The Morgan fingerprint density at radius 2 is 2.39 bits per heavy atom. The van der Waals surface area contributed by atoms with Crippen LogP contribution in [0.2, 0.25) is 5.02 Å². The summed E-state index contributed by atoms with van der Waals surface area (Å²) >= 11 is 11.0. The molecule has 0 aliphatic carbocycles. The first-order chi connectivity index (χ1) is 8.58. The minimum atomic E-state index is 0.224. The number of ether oxygens (including phenoxy) is 1. The smallest absolute Gasteiger partial charge is 0.106 e. The fraction of sp³-hybridized carbons (Fsp3) is 0.462. The second-order valence-corrected chi connectivity index (χ2v) is 5.41. The molecule has 98 valence electrons. The van der Waals surface area contributed by atoms with Crippen LogP contribution in [-0.2, 0) is 4.74 Å². The highest BCUT2D eigenvalue weighted by Gasteiger charge is 2.22. The van der Waals surface area contributed by atoms with Crippen molar-refractivity contribution in [2.75, 3.05) is 11.9 Å². The van der Waals surface area contributed by atoms with Gasteiger partial charge in [-0.1, -0.05) is 23.8 Å². The lowest BCUT2D eigenvalue weighted by atomic mass is 10.1. The molecule has 1 aromatic carbocycles. The molecule has 0 spiro atoms. The Balaban J connectivity index is 2.15. The summed E-state index contributed by atoms with van der Waals surface area (Å²) < 4.78 is 5.66. The van der Waals surface area contributed by atoms with Crippen LogP contribution in [0, 0.1) is 0 Å². The molecule has 0 radical (unpaired) electrons. The van der Waals surface area contributed by atoms with Crippen LogP contribution in [0.1, 0.15) is 25.3 Å². The van der Waals surface area contributed by atoms with Crippen molar-refractivity contribution >= 4 is 34.5 Å². The summed E-state index contributed by atoms with van der Waals surface area (Å²) in [5.41, 5.74) is 7.41. The summed E-state index contributed by atoms with van der Waals surface area (Å²) in [6, 6.07) is 5.74. The van der Waals surface area contributed by atoms with Gasteiger partial charge in [-0.3, -0.25) is 0 Å². The van der Waals surface area contributed by atoms with Crippen molar-refractivity contribution in [2.45, 2.75) is 31.9 Å². The number of nitrogens with two attached hydrogens (primary N) is 1. The van der Waals surface area contributed by atoms with E-state index in [0.29, 0.717) is 10.0 Å². The minimum absolute atomic E-state index is 0.224. The predicted octanol–water partition coefficient (Wildman–Crippen LogP) is 2.95. The highest BCUT2D eigenvalue weighted by atomic mass is 35.5. The van der Waals surface area contributed by atoms with Gasteiger partial charge in [-0.25, -0.2) is 0 Å². The normalized spacial score (nSPS) is 20.7. The van der Waals surface area contributed by atoms with Gasteiger partial charge >= 0.3 is 0 Å². The summed E-state index contributed by atoms with van der Waals surface area (Å²) in [5, 5.41) is 4.04. The van der Waals surface area contributed by atoms with E-state index in [4.69, 9.17) is 34.3 Å². The van der Waals surface area contributed by atoms with Crippen molar-refractivity contribution in [1.29, 1.82) is 0 Å². The van der Waals surface area contributed by atoms with E-state index >= 15 is 0 Å². The number of anilines is 1. The molecule has 3 nitrogen and oxygen atoms in total. The average Bonchev–Trinajstić information content (AvgIpc) is 2.84. The number of rotatable bonds is 4. The Bertz CT molecular complexity index is 447. The molecule has 2 unspecified atom stereocenters. The number of benzene rings is 1. The lowest BCUT2D eigenvalue weighted by Gasteiger charge is -2.22. The summed E-state index contributed by atoms with van der Waals surface area (Å²) in [4.78, 5) is 0.347. The van der Waals surface area contributed by atoms with Crippen LogP contribution in [0.4, 0.5) is 5.69 Å². The molecule has 0 saturated carbocycles. The number of hydrogen-bond donors (Lipinski definition) is 2. The second kappa shape index (κ2) is 5.87. The van der Waals surface area contributed by atoms with E-state index in [1.54, 1.807) is 6.07 Å². The van der Waals surface area contributed by atoms with E-state index in [0.717, 1.165) is 30.7 Å². The number of thiocarbonyl (C=S) groups is 1.